The Morgan fingerprint density at radius 3 is 2.83 bits per heavy atom. The molecule has 2 aromatic rings. The van der Waals surface area contributed by atoms with E-state index in [-0.39, 0.29) is 5.56 Å². The number of rotatable bonds is 2. The maximum Gasteiger partial charge on any atom is 0.261 e. The minimum atomic E-state index is -0.467. The summed E-state index contributed by atoms with van der Waals surface area (Å²) in [5.41, 5.74) is 0.847. The second kappa shape index (κ2) is 5.02. The molecule has 0 atom stereocenters. The van der Waals surface area contributed by atoms with Crippen molar-refractivity contribution < 1.29 is 4.79 Å². The van der Waals surface area contributed by atoms with E-state index < -0.39 is 11.5 Å². The Balaban J connectivity index is 2.25. The Bertz CT molecular complexity index is 680. The molecule has 4 nitrogen and oxygen atoms in total. The smallest absolute Gasteiger partial charge is 0.261 e. The second-order valence-electron chi connectivity index (χ2n) is 3.59. The van der Waals surface area contributed by atoms with E-state index in [0.717, 1.165) is 0 Å². The molecule has 0 bridgehead atoms. The minimum Gasteiger partial charge on any atom is -0.328 e. The van der Waals surface area contributed by atoms with Gasteiger partial charge in [-0.15, -0.1) is 6.42 Å². The maximum atomic E-state index is 11.9. The summed E-state index contributed by atoms with van der Waals surface area (Å²) in [5.74, 6) is 2.01. The highest BCUT2D eigenvalue weighted by molar-refractivity contribution is 6.04. The van der Waals surface area contributed by atoms with Gasteiger partial charge >= 0.3 is 0 Å². The van der Waals surface area contributed by atoms with Crippen LogP contribution in [-0.2, 0) is 0 Å². The summed E-state index contributed by atoms with van der Waals surface area (Å²) in [5, 5.41) is 2.62. The zero-order valence-electron chi connectivity index (χ0n) is 9.44. The molecule has 0 radical (unpaired) electrons. The molecule has 88 valence electrons. The third-order valence-corrected chi connectivity index (χ3v) is 2.35. The second-order valence-corrected chi connectivity index (χ2v) is 3.59. The van der Waals surface area contributed by atoms with Crippen molar-refractivity contribution in [2.45, 2.75) is 0 Å². The highest BCUT2D eigenvalue weighted by Gasteiger charge is 2.09. The summed E-state index contributed by atoms with van der Waals surface area (Å²) in [6, 6.07) is 9.91. The van der Waals surface area contributed by atoms with Gasteiger partial charge in [0, 0.05) is 17.4 Å². The molecule has 0 aliphatic carbocycles. The van der Waals surface area contributed by atoms with Crippen molar-refractivity contribution in [3.05, 3.63) is 64.1 Å². The molecule has 0 unspecified atom stereocenters. The summed E-state index contributed by atoms with van der Waals surface area (Å²) in [6.45, 7) is 0. The first-order valence-electron chi connectivity index (χ1n) is 5.26. The summed E-state index contributed by atoms with van der Waals surface area (Å²) in [4.78, 5) is 25.7. The van der Waals surface area contributed by atoms with E-state index in [4.69, 9.17) is 6.42 Å². The third kappa shape index (κ3) is 2.47. The van der Waals surface area contributed by atoms with Crippen LogP contribution in [-0.4, -0.2) is 10.9 Å². The normalized spacial score (nSPS) is 9.50. The van der Waals surface area contributed by atoms with Crippen molar-refractivity contribution in [2.24, 2.45) is 0 Å². The van der Waals surface area contributed by atoms with E-state index in [0.29, 0.717) is 11.3 Å². The van der Waals surface area contributed by atoms with Gasteiger partial charge in [0.05, 0.1) is 0 Å². The van der Waals surface area contributed by atoms with Gasteiger partial charge in [0.1, 0.15) is 5.56 Å². The number of nitrogens with one attached hydrogen (secondary N) is 2. The fourth-order valence-corrected chi connectivity index (χ4v) is 1.49. The number of pyridine rings is 1. The van der Waals surface area contributed by atoms with Gasteiger partial charge in [-0.05, 0) is 30.3 Å². The number of carbonyl (C=O) groups is 1. The molecule has 1 aromatic heterocycles. The van der Waals surface area contributed by atoms with Gasteiger partial charge in [0.25, 0.3) is 11.5 Å². The van der Waals surface area contributed by atoms with Crippen LogP contribution < -0.4 is 10.9 Å². The molecular weight excluding hydrogens is 228 g/mol. The number of H-pyrrole nitrogens is 1. The SMILES string of the molecule is C#Cc1cccc(NC(=O)c2ccc[nH]c2=O)c1. The number of hydrogen-bond acceptors (Lipinski definition) is 2. The maximum absolute atomic E-state index is 11.9. The van der Waals surface area contributed by atoms with E-state index in [2.05, 4.69) is 16.2 Å². The number of terminal acetylenes is 1. The average molecular weight is 238 g/mol. The lowest BCUT2D eigenvalue weighted by molar-refractivity contribution is 0.102. The van der Waals surface area contributed by atoms with E-state index in [1.807, 2.05) is 0 Å². The lowest BCUT2D eigenvalue weighted by atomic mass is 10.2. The van der Waals surface area contributed by atoms with Crippen LogP contribution >= 0.6 is 0 Å². The van der Waals surface area contributed by atoms with E-state index in [1.54, 1.807) is 30.3 Å². The van der Waals surface area contributed by atoms with Crippen LogP contribution in [0.3, 0.4) is 0 Å². The number of hydrogen-bond donors (Lipinski definition) is 2. The van der Waals surface area contributed by atoms with Crippen molar-refractivity contribution >= 4 is 11.6 Å². The quantitative estimate of drug-likeness (QED) is 0.781. The van der Waals surface area contributed by atoms with Crippen molar-refractivity contribution in [3.8, 4) is 12.3 Å². The standard InChI is InChI=1S/C14H10N2O2/c1-2-10-5-3-6-11(9-10)16-14(18)12-7-4-8-15-13(12)17/h1,3-9H,(H,15,17)(H,16,18). The molecule has 1 aromatic carbocycles. The first-order valence-corrected chi connectivity index (χ1v) is 5.26. The van der Waals surface area contributed by atoms with E-state index in [9.17, 15) is 9.59 Å². The van der Waals surface area contributed by atoms with Crippen molar-refractivity contribution in [1.29, 1.82) is 0 Å². The van der Waals surface area contributed by atoms with Crippen LogP contribution in [0, 0.1) is 12.3 Å². The molecule has 4 heteroatoms. The summed E-state index contributed by atoms with van der Waals surface area (Å²) in [7, 11) is 0. The van der Waals surface area contributed by atoms with Gasteiger partial charge in [-0.3, -0.25) is 9.59 Å². The number of benzene rings is 1. The average Bonchev–Trinajstić information content (AvgIpc) is 2.39. The lowest BCUT2D eigenvalue weighted by Gasteiger charge is -2.04. The van der Waals surface area contributed by atoms with Crippen molar-refractivity contribution in [3.63, 3.8) is 0 Å². The summed E-state index contributed by atoms with van der Waals surface area (Å²) in [6.07, 6.45) is 6.74. The Labute approximate surface area is 104 Å². The highest BCUT2D eigenvalue weighted by Crippen LogP contribution is 2.10. The van der Waals surface area contributed by atoms with Gasteiger partial charge in [-0.25, -0.2) is 0 Å². The number of amides is 1. The molecule has 0 aliphatic heterocycles. The summed E-state index contributed by atoms with van der Waals surface area (Å²) < 4.78 is 0. The molecular formula is C14H10N2O2. The molecule has 18 heavy (non-hydrogen) atoms. The van der Waals surface area contributed by atoms with Gasteiger partial charge in [-0.2, -0.15) is 0 Å². The van der Waals surface area contributed by atoms with Crippen LogP contribution in [0.15, 0.2) is 47.4 Å². The van der Waals surface area contributed by atoms with Crippen LogP contribution in [0.4, 0.5) is 5.69 Å². The molecule has 0 saturated carbocycles. The van der Waals surface area contributed by atoms with E-state index >= 15 is 0 Å². The van der Waals surface area contributed by atoms with Gasteiger partial charge < -0.3 is 10.3 Å². The summed E-state index contributed by atoms with van der Waals surface area (Å²) >= 11 is 0. The minimum absolute atomic E-state index is 0.0589. The molecule has 0 saturated heterocycles. The molecule has 2 rings (SSSR count). The Kier molecular flexibility index (Phi) is 3.26. The van der Waals surface area contributed by atoms with Crippen LogP contribution in [0.1, 0.15) is 15.9 Å². The Hall–Kier alpha value is -2.80. The molecule has 0 fully saturated rings. The largest absolute Gasteiger partial charge is 0.328 e. The fraction of sp³-hybridized carbons (Fsp3) is 0. The van der Waals surface area contributed by atoms with Crippen LogP contribution in [0.25, 0.3) is 0 Å². The number of anilines is 1. The molecule has 2 N–H and O–H groups in total. The Morgan fingerprint density at radius 2 is 2.11 bits per heavy atom. The first kappa shape index (κ1) is 11.7. The molecule has 1 amide bonds. The van der Waals surface area contributed by atoms with Crippen molar-refractivity contribution in [2.75, 3.05) is 5.32 Å². The monoisotopic (exact) mass is 238 g/mol. The van der Waals surface area contributed by atoms with E-state index in [1.165, 1.54) is 12.3 Å². The predicted octanol–water partition coefficient (Wildman–Crippen LogP) is 1.61. The Morgan fingerprint density at radius 1 is 1.28 bits per heavy atom. The third-order valence-electron chi connectivity index (χ3n) is 2.35. The molecule has 0 aliphatic rings. The molecule has 1 heterocycles. The highest BCUT2D eigenvalue weighted by atomic mass is 16.2. The number of carbonyl (C=O) groups excluding carboxylic acids is 1. The van der Waals surface area contributed by atoms with Crippen LogP contribution in [0.2, 0.25) is 0 Å². The predicted molar refractivity (Wildman–Crippen MR) is 69.4 cm³/mol. The fourth-order valence-electron chi connectivity index (χ4n) is 1.49. The topological polar surface area (TPSA) is 62.0 Å². The zero-order valence-corrected chi connectivity index (χ0v) is 9.44. The number of aromatic amines is 1. The van der Waals surface area contributed by atoms with Gasteiger partial charge in [0.15, 0.2) is 0 Å². The lowest BCUT2D eigenvalue weighted by Crippen LogP contribution is -2.22. The first-order chi connectivity index (χ1) is 8.70. The number of aromatic nitrogens is 1. The van der Waals surface area contributed by atoms with Gasteiger partial charge in [0.2, 0.25) is 0 Å². The van der Waals surface area contributed by atoms with Gasteiger partial charge in [-0.1, -0.05) is 12.0 Å². The van der Waals surface area contributed by atoms with Crippen molar-refractivity contribution in [1.82, 2.24) is 4.98 Å². The molecule has 0 spiro atoms. The van der Waals surface area contributed by atoms with Crippen LogP contribution in [0.5, 0.6) is 0 Å². The zero-order chi connectivity index (χ0) is 13.0.